The Morgan fingerprint density at radius 2 is 2.19 bits per heavy atom. The van der Waals surface area contributed by atoms with Gasteiger partial charge in [-0.15, -0.1) is 0 Å². The Bertz CT molecular complexity index is 594. The molecule has 2 amide bonds. The number of carbonyl (C=O) groups is 2. The number of benzene rings is 1. The number of carbonyl (C=O) groups excluding carboxylic acids is 2. The first kappa shape index (κ1) is 21.1. The molecule has 1 aromatic rings. The van der Waals surface area contributed by atoms with Crippen molar-refractivity contribution in [3.05, 3.63) is 34.9 Å². The van der Waals surface area contributed by atoms with Crippen LogP contribution in [-0.2, 0) is 4.79 Å². The molecule has 1 heterocycles. The number of hydrogen-bond donors (Lipinski definition) is 3. The van der Waals surface area contributed by atoms with Crippen LogP contribution in [0.2, 0.25) is 5.02 Å². The van der Waals surface area contributed by atoms with Crippen LogP contribution in [0.4, 0.5) is 0 Å². The van der Waals surface area contributed by atoms with Gasteiger partial charge in [-0.05, 0) is 68.8 Å². The van der Waals surface area contributed by atoms with Crippen molar-refractivity contribution in [1.82, 2.24) is 16.0 Å². The van der Waals surface area contributed by atoms with E-state index in [1.807, 2.05) is 6.26 Å². The first-order chi connectivity index (χ1) is 12.6. The largest absolute Gasteiger partial charge is 0.354 e. The molecule has 3 N–H and O–H groups in total. The molecule has 0 saturated carbocycles. The van der Waals surface area contributed by atoms with E-state index in [0.29, 0.717) is 29.5 Å². The van der Waals surface area contributed by atoms with Crippen LogP contribution in [-0.4, -0.2) is 49.5 Å². The van der Waals surface area contributed by atoms with Gasteiger partial charge in [0.05, 0.1) is 10.6 Å². The Morgan fingerprint density at radius 3 is 2.88 bits per heavy atom. The second-order valence-corrected chi connectivity index (χ2v) is 7.97. The lowest BCUT2D eigenvalue weighted by Crippen LogP contribution is -2.47. The van der Waals surface area contributed by atoms with Gasteiger partial charge < -0.3 is 16.0 Å². The van der Waals surface area contributed by atoms with E-state index in [-0.39, 0.29) is 11.8 Å². The highest BCUT2D eigenvalue weighted by atomic mass is 35.5. The van der Waals surface area contributed by atoms with Crippen LogP contribution in [0.1, 0.15) is 36.0 Å². The molecule has 2 atom stereocenters. The fourth-order valence-corrected chi connectivity index (χ4v) is 3.77. The smallest absolute Gasteiger partial charge is 0.253 e. The maximum absolute atomic E-state index is 12.6. The van der Waals surface area contributed by atoms with Crippen molar-refractivity contribution in [2.45, 2.75) is 31.7 Å². The fourth-order valence-electron chi connectivity index (χ4n) is 3.08. The molecule has 2 unspecified atom stereocenters. The number of nitrogens with one attached hydrogen (secondary N) is 3. The average molecular weight is 398 g/mol. The quantitative estimate of drug-likeness (QED) is 0.599. The van der Waals surface area contributed by atoms with Crippen LogP contribution in [0.5, 0.6) is 0 Å². The molecule has 0 aromatic heterocycles. The van der Waals surface area contributed by atoms with Crippen LogP contribution >= 0.6 is 23.4 Å². The Kier molecular flexibility index (Phi) is 9.29. The van der Waals surface area contributed by atoms with E-state index in [1.165, 1.54) is 12.8 Å². The third-order valence-corrected chi connectivity index (χ3v) is 5.58. The molecule has 144 valence electrons. The minimum Gasteiger partial charge on any atom is -0.354 e. The first-order valence-corrected chi connectivity index (χ1v) is 10.9. The van der Waals surface area contributed by atoms with Crippen molar-refractivity contribution in [3.8, 4) is 0 Å². The van der Waals surface area contributed by atoms with Crippen LogP contribution in [0.3, 0.4) is 0 Å². The maximum atomic E-state index is 12.6. The number of thioether (sulfide) groups is 1. The molecule has 1 aliphatic heterocycles. The van der Waals surface area contributed by atoms with Gasteiger partial charge >= 0.3 is 0 Å². The second kappa shape index (κ2) is 11.5. The summed E-state index contributed by atoms with van der Waals surface area (Å²) in [6.07, 6.45) is 5.95. The predicted octanol–water partition coefficient (Wildman–Crippen LogP) is 2.70. The summed E-state index contributed by atoms with van der Waals surface area (Å²) in [4.78, 5) is 25.0. The number of rotatable bonds is 9. The van der Waals surface area contributed by atoms with Gasteiger partial charge in [-0.2, -0.15) is 11.8 Å². The molecule has 1 saturated heterocycles. The summed E-state index contributed by atoms with van der Waals surface area (Å²) in [7, 11) is 0. The first-order valence-electron chi connectivity index (χ1n) is 9.14. The van der Waals surface area contributed by atoms with Crippen molar-refractivity contribution in [2.75, 3.05) is 31.6 Å². The van der Waals surface area contributed by atoms with E-state index in [0.717, 1.165) is 25.3 Å². The van der Waals surface area contributed by atoms with Gasteiger partial charge in [0.2, 0.25) is 5.91 Å². The van der Waals surface area contributed by atoms with Gasteiger partial charge in [-0.3, -0.25) is 9.59 Å². The Morgan fingerprint density at radius 1 is 1.38 bits per heavy atom. The normalized spacial score (nSPS) is 18.2. The van der Waals surface area contributed by atoms with E-state index in [9.17, 15) is 9.59 Å². The summed E-state index contributed by atoms with van der Waals surface area (Å²) >= 11 is 7.74. The molecule has 0 radical (unpaired) electrons. The van der Waals surface area contributed by atoms with Gasteiger partial charge in [0.15, 0.2) is 0 Å². The van der Waals surface area contributed by atoms with Crippen molar-refractivity contribution in [1.29, 1.82) is 0 Å². The Balaban J connectivity index is 1.87. The van der Waals surface area contributed by atoms with Gasteiger partial charge in [0.25, 0.3) is 5.91 Å². The van der Waals surface area contributed by atoms with E-state index in [1.54, 1.807) is 36.0 Å². The van der Waals surface area contributed by atoms with Crippen molar-refractivity contribution in [2.24, 2.45) is 5.92 Å². The maximum Gasteiger partial charge on any atom is 0.253 e. The van der Waals surface area contributed by atoms with Crippen LogP contribution in [0.25, 0.3) is 0 Å². The summed E-state index contributed by atoms with van der Waals surface area (Å²) in [5.74, 6) is 0.982. The monoisotopic (exact) mass is 397 g/mol. The molecule has 1 aliphatic rings. The highest BCUT2D eigenvalue weighted by Gasteiger charge is 2.22. The third-order valence-electron chi connectivity index (χ3n) is 4.60. The summed E-state index contributed by atoms with van der Waals surface area (Å²) in [5.41, 5.74) is 0.393. The minimum absolute atomic E-state index is 0.122. The predicted molar refractivity (Wildman–Crippen MR) is 109 cm³/mol. The lowest BCUT2D eigenvalue weighted by Gasteiger charge is -2.23. The second-order valence-electron chi connectivity index (χ2n) is 6.58. The molecule has 0 spiro atoms. The lowest BCUT2D eigenvalue weighted by atomic mass is 9.96. The summed E-state index contributed by atoms with van der Waals surface area (Å²) in [5, 5.41) is 9.60. The third kappa shape index (κ3) is 6.82. The Hall–Kier alpha value is -1.24. The standard InChI is InChI=1S/C19H28ClN3O2S/c1-26-12-9-17(23-18(24)15-6-2-3-7-16(15)20)19(25)22-11-8-14-5-4-10-21-13-14/h2-3,6-7,14,17,21H,4-5,8-13H2,1H3,(H,22,25)(H,23,24). The number of piperidine rings is 1. The molecule has 0 bridgehead atoms. The molecule has 7 heteroatoms. The molecule has 1 aromatic carbocycles. The Labute approximate surface area is 165 Å². The molecule has 0 aliphatic carbocycles. The number of amides is 2. The van der Waals surface area contributed by atoms with Gasteiger partial charge in [-0.25, -0.2) is 0 Å². The fraction of sp³-hybridized carbons (Fsp3) is 0.579. The zero-order chi connectivity index (χ0) is 18.8. The molecular weight excluding hydrogens is 370 g/mol. The molecule has 2 rings (SSSR count). The minimum atomic E-state index is -0.546. The summed E-state index contributed by atoms with van der Waals surface area (Å²) in [6, 6.07) is 6.33. The molecular formula is C19H28ClN3O2S. The van der Waals surface area contributed by atoms with E-state index in [4.69, 9.17) is 11.6 Å². The topological polar surface area (TPSA) is 70.2 Å². The van der Waals surface area contributed by atoms with Gasteiger partial charge in [0.1, 0.15) is 6.04 Å². The van der Waals surface area contributed by atoms with Crippen molar-refractivity contribution >= 4 is 35.2 Å². The zero-order valence-corrected chi connectivity index (χ0v) is 16.8. The zero-order valence-electron chi connectivity index (χ0n) is 15.2. The van der Waals surface area contributed by atoms with Crippen LogP contribution in [0, 0.1) is 5.92 Å². The van der Waals surface area contributed by atoms with E-state index < -0.39 is 6.04 Å². The molecule has 26 heavy (non-hydrogen) atoms. The lowest BCUT2D eigenvalue weighted by molar-refractivity contribution is -0.123. The van der Waals surface area contributed by atoms with Crippen LogP contribution in [0.15, 0.2) is 24.3 Å². The van der Waals surface area contributed by atoms with Gasteiger partial charge in [-0.1, -0.05) is 23.7 Å². The highest BCUT2D eigenvalue weighted by Crippen LogP contribution is 2.15. The van der Waals surface area contributed by atoms with E-state index >= 15 is 0 Å². The molecule has 1 fully saturated rings. The number of halogens is 1. The van der Waals surface area contributed by atoms with Crippen molar-refractivity contribution in [3.63, 3.8) is 0 Å². The van der Waals surface area contributed by atoms with Crippen LogP contribution < -0.4 is 16.0 Å². The van der Waals surface area contributed by atoms with Gasteiger partial charge in [0, 0.05) is 6.54 Å². The average Bonchev–Trinajstić information content (AvgIpc) is 2.66. The SMILES string of the molecule is CSCCC(NC(=O)c1ccccc1Cl)C(=O)NCCC1CCCNC1. The number of hydrogen-bond acceptors (Lipinski definition) is 4. The van der Waals surface area contributed by atoms with E-state index in [2.05, 4.69) is 16.0 Å². The summed E-state index contributed by atoms with van der Waals surface area (Å²) < 4.78 is 0. The van der Waals surface area contributed by atoms with Crippen molar-refractivity contribution < 1.29 is 9.59 Å². The molecule has 5 nitrogen and oxygen atoms in total. The highest BCUT2D eigenvalue weighted by molar-refractivity contribution is 7.98. The summed E-state index contributed by atoms with van der Waals surface area (Å²) in [6.45, 7) is 2.76.